The van der Waals surface area contributed by atoms with Crippen LogP contribution in [-0.4, -0.2) is 30.4 Å². The molecule has 3 rings (SSSR count). The third kappa shape index (κ3) is 4.02. The van der Waals surface area contributed by atoms with Gasteiger partial charge in [-0.05, 0) is 35.6 Å². The van der Waals surface area contributed by atoms with Crippen LogP contribution < -0.4 is 10.1 Å². The Morgan fingerprint density at radius 2 is 2.11 bits per heavy atom. The average molecular weight is 398 g/mol. The number of carbonyl (C=O) groups excluding carboxylic acids is 2. The van der Waals surface area contributed by atoms with Crippen LogP contribution in [0.4, 0.5) is 5.00 Å². The molecule has 146 valence electrons. The molecule has 1 aliphatic rings. The van der Waals surface area contributed by atoms with Crippen molar-refractivity contribution in [1.82, 2.24) is 4.90 Å². The summed E-state index contributed by atoms with van der Waals surface area (Å²) in [4.78, 5) is 27.5. The summed E-state index contributed by atoms with van der Waals surface area (Å²) >= 11 is 1.31. The van der Waals surface area contributed by atoms with Gasteiger partial charge in [0.1, 0.15) is 16.8 Å². The average Bonchev–Trinajstić information content (AvgIpc) is 3.30. The molecule has 0 aliphatic carbocycles. The first-order chi connectivity index (χ1) is 13.6. The van der Waals surface area contributed by atoms with E-state index in [-0.39, 0.29) is 24.3 Å². The predicted molar refractivity (Wildman–Crippen MR) is 108 cm³/mol. The van der Waals surface area contributed by atoms with Crippen LogP contribution in [0.2, 0.25) is 0 Å². The number of thiophene rings is 1. The lowest BCUT2D eigenvalue weighted by molar-refractivity contribution is -0.129. The fraction of sp³-hybridized carbons (Fsp3) is 0.381. The number of nitrogens with zero attached hydrogens (tertiary/aromatic N) is 2. The number of benzene rings is 1. The summed E-state index contributed by atoms with van der Waals surface area (Å²) in [5, 5.41) is 14.3. The van der Waals surface area contributed by atoms with E-state index in [1.165, 1.54) is 11.3 Å². The van der Waals surface area contributed by atoms with Gasteiger partial charge in [0.15, 0.2) is 0 Å². The summed E-state index contributed by atoms with van der Waals surface area (Å²) in [7, 11) is 1.60. The van der Waals surface area contributed by atoms with E-state index in [0.717, 1.165) is 24.2 Å². The van der Waals surface area contributed by atoms with Gasteiger partial charge in [-0.1, -0.05) is 25.5 Å². The van der Waals surface area contributed by atoms with Crippen molar-refractivity contribution in [3.8, 4) is 11.8 Å². The van der Waals surface area contributed by atoms with E-state index in [1.54, 1.807) is 18.6 Å². The van der Waals surface area contributed by atoms with E-state index >= 15 is 0 Å². The normalized spacial score (nSPS) is 18.8. The molecule has 6 nitrogen and oxygen atoms in total. The summed E-state index contributed by atoms with van der Waals surface area (Å²) in [5.74, 6) is -0.0222. The van der Waals surface area contributed by atoms with E-state index in [9.17, 15) is 14.9 Å². The minimum absolute atomic E-state index is 0.0129. The molecular formula is C21H23N3O3S. The Kier molecular flexibility index (Phi) is 6.32. The van der Waals surface area contributed by atoms with Crippen LogP contribution in [0.15, 0.2) is 35.7 Å². The highest BCUT2D eigenvalue weighted by molar-refractivity contribution is 7.14. The third-order valence-corrected chi connectivity index (χ3v) is 5.83. The van der Waals surface area contributed by atoms with Gasteiger partial charge in [0.2, 0.25) is 11.8 Å². The molecule has 1 aromatic carbocycles. The highest BCUT2D eigenvalue weighted by Gasteiger charge is 2.44. The van der Waals surface area contributed by atoms with Crippen LogP contribution in [0.1, 0.15) is 43.4 Å². The number of likely N-dealkylation sites (tertiary alicyclic amines) is 1. The third-order valence-electron chi connectivity index (χ3n) is 5.00. The van der Waals surface area contributed by atoms with Crippen LogP contribution in [0.5, 0.6) is 5.75 Å². The molecule has 0 saturated carbocycles. The Balaban J connectivity index is 1.89. The molecule has 1 aliphatic heterocycles. The first-order valence-electron chi connectivity index (χ1n) is 9.31. The second-order valence-corrected chi connectivity index (χ2v) is 7.65. The maximum Gasteiger partial charge on any atom is 0.231 e. The molecule has 2 amide bonds. The first kappa shape index (κ1) is 19.9. The number of rotatable bonds is 7. The van der Waals surface area contributed by atoms with Gasteiger partial charge in [0, 0.05) is 13.0 Å². The Morgan fingerprint density at radius 3 is 2.75 bits per heavy atom. The van der Waals surface area contributed by atoms with Gasteiger partial charge in [-0.2, -0.15) is 5.26 Å². The highest BCUT2D eigenvalue weighted by Crippen LogP contribution is 2.40. The van der Waals surface area contributed by atoms with Crippen molar-refractivity contribution in [2.24, 2.45) is 5.92 Å². The zero-order valence-corrected chi connectivity index (χ0v) is 16.8. The first-order valence-corrected chi connectivity index (χ1v) is 10.2. The fourth-order valence-electron chi connectivity index (χ4n) is 3.53. The van der Waals surface area contributed by atoms with Crippen molar-refractivity contribution >= 4 is 28.2 Å². The number of hydrogen-bond acceptors (Lipinski definition) is 5. The maximum atomic E-state index is 13.0. The van der Waals surface area contributed by atoms with E-state index in [4.69, 9.17) is 4.74 Å². The van der Waals surface area contributed by atoms with E-state index in [2.05, 4.69) is 18.3 Å². The molecule has 28 heavy (non-hydrogen) atoms. The summed E-state index contributed by atoms with van der Waals surface area (Å²) < 4.78 is 5.23. The number of unbranched alkanes of at least 4 members (excludes halogenated alkanes) is 1. The number of hydrogen-bond donors (Lipinski definition) is 1. The van der Waals surface area contributed by atoms with Crippen molar-refractivity contribution in [1.29, 1.82) is 5.26 Å². The molecule has 7 heteroatoms. The lowest BCUT2D eigenvalue weighted by Gasteiger charge is -2.28. The highest BCUT2D eigenvalue weighted by atomic mass is 32.1. The Bertz CT molecular complexity index is 885. The molecule has 2 atom stereocenters. The van der Waals surface area contributed by atoms with Gasteiger partial charge in [0.25, 0.3) is 0 Å². The number of carbonyl (C=O) groups is 2. The Morgan fingerprint density at radius 1 is 1.36 bits per heavy atom. The smallest absolute Gasteiger partial charge is 0.231 e. The molecule has 0 radical (unpaired) electrons. The molecule has 2 heterocycles. The van der Waals surface area contributed by atoms with Gasteiger partial charge in [-0.25, -0.2) is 0 Å². The van der Waals surface area contributed by atoms with Crippen molar-refractivity contribution in [3.63, 3.8) is 0 Å². The van der Waals surface area contributed by atoms with E-state index < -0.39 is 5.92 Å². The molecule has 0 unspecified atom stereocenters. The molecular weight excluding hydrogens is 374 g/mol. The molecule has 1 saturated heterocycles. The summed E-state index contributed by atoms with van der Waals surface area (Å²) in [6.45, 7) is 2.70. The van der Waals surface area contributed by atoms with Crippen LogP contribution >= 0.6 is 11.3 Å². The standard InChI is InChI=1S/C21H23N3O3S/c1-3-4-10-24-18(25)12-17(19(24)14-5-7-16(27-2)8-6-14)20(26)23-21-15(13-22)9-11-28-21/h5-9,11,17,19H,3-4,10,12H2,1-2H3,(H,23,26)/t17-,19-/m1/s1. The number of methoxy groups -OCH3 is 1. The van der Waals surface area contributed by atoms with Gasteiger partial charge in [-0.15, -0.1) is 11.3 Å². The van der Waals surface area contributed by atoms with Crippen molar-refractivity contribution in [2.75, 3.05) is 19.0 Å². The maximum absolute atomic E-state index is 13.0. The monoisotopic (exact) mass is 397 g/mol. The van der Waals surface area contributed by atoms with Gasteiger partial charge < -0.3 is 15.0 Å². The number of amides is 2. The Hall–Kier alpha value is -2.85. The molecule has 1 aromatic heterocycles. The van der Waals surface area contributed by atoms with Gasteiger partial charge in [-0.3, -0.25) is 9.59 Å². The molecule has 0 spiro atoms. The lowest BCUT2D eigenvalue weighted by atomic mass is 9.92. The van der Waals surface area contributed by atoms with Crippen LogP contribution in [0.3, 0.4) is 0 Å². The molecule has 1 fully saturated rings. The largest absolute Gasteiger partial charge is 0.497 e. The lowest BCUT2D eigenvalue weighted by Crippen LogP contribution is -2.33. The SMILES string of the molecule is CCCCN1C(=O)C[C@@H](C(=O)Nc2sccc2C#N)[C@H]1c1ccc(OC)cc1. The number of ether oxygens (including phenoxy) is 1. The Labute approximate surface area is 168 Å². The summed E-state index contributed by atoms with van der Waals surface area (Å²) in [6, 6.07) is 10.9. The van der Waals surface area contributed by atoms with Crippen molar-refractivity contribution in [2.45, 2.75) is 32.2 Å². The fourth-order valence-corrected chi connectivity index (χ4v) is 4.27. The minimum atomic E-state index is -0.508. The molecule has 1 N–H and O–H groups in total. The van der Waals surface area contributed by atoms with E-state index in [1.807, 2.05) is 29.2 Å². The zero-order valence-electron chi connectivity index (χ0n) is 16.0. The van der Waals surface area contributed by atoms with Gasteiger partial charge >= 0.3 is 0 Å². The number of nitrogens with one attached hydrogen (secondary N) is 1. The minimum Gasteiger partial charge on any atom is -0.497 e. The van der Waals surface area contributed by atoms with Crippen molar-refractivity contribution in [3.05, 3.63) is 46.8 Å². The van der Waals surface area contributed by atoms with Crippen LogP contribution in [-0.2, 0) is 9.59 Å². The topological polar surface area (TPSA) is 82.4 Å². The van der Waals surface area contributed by atoms with Crippen LogP contribution in [0.25, 0.3) is 0 Å². The van der Waals surface area contributed by atoms with Crippen molar-refractivity contribution < 1.29 is 14.3 Å². The quantitative estimate of drug-likeness (QED) is 0.767. The number of anilines is 1. The number of nitriles is 1. The second-order valence-electron chi connectivity index (χ2n) is 6.73. The second kappa shape index (κ2) is 8.89. The van der Waals surface area contributed by atoms with Gasteiger partial charge in [0.05, 0.1) is 24.6 Å². The predicted octanol–water partition coefficient (Wildman–Crippen LogP) is 3.96. The van der Waals surface area contributed by atoms with E-state index in [0.29, 0.717) is 17.1 Å². The summed E-state index contributed by atoms with van der Waals surface area (Å²) in [5.41, 5.74) is 1.35. The summed E-state index contributed by atoms with van der Waals surface area (Å²) in [6.07, 6.45) is 2.02. The van der Waals surface area contributed by atoms with Crippen LogP contribution in [0, 0.1) is 17.2 Å². The molecule has 2 aromatic rings. The molecule has 0 bridgehead atoms. The zero-order chi connectivity index (χ0) is 20.1.